The lowest BCUT2D eigenvalue weighted by Crippen LogP contribution is -2.52. The monoisotopic (exact) mass is 1060 g/mol. The SMILES string of the molecule is CC.CCC(=O)O.CCC(=O)O.Cc1cccc(C(=O)NCCCCC(NC(=O)CNC(=O)C(CCC(=O)O)NC(=O)CNC(=O)CN(CCN(CCN(CC(N)=O)CC(=O)O)CC(=O)O)CC(=O)O)C(=O)O)c1. The molecule has 0 spiro atoms. The molecule has 0 aliphatic rings. The summed E-state index contributed by atoms with van der Waals surface area (Å²) >= 11 is 0. The molecule has 0 radical (unpaired) electrons. The highest BCUT2D eigenvalue weighted by Gasteiger charge is 2.25. The number of carboxylic acids is 7. The van der Waals surface area contributed by atoms with Crippen LogP contribution >= 0.6 is 0 Å². The molecule has 14 N–H and O–H groups in total. The number of carboxylic acid groups (broad SMARTS) is 7. The van der Waals surface area contributed by atoms with Crippen molar-refractivity contribution in [3.63, 3.8) is 0 Å². The number of rotatable bonds is 35. The molecule has 0 aliphatic heterocycles. The van der Waals surface area contributed by atoms with Crippen LogP contribution in [0.1, 0.15) is 88.6 Å². The van der Waals surface area contributed by atoms with Crippen LogP contribution in [0.5, 0.6) is 0 Å². The maximum Gasteiger partial charge on any atom is 0.326 e. The topological polar surface area (TPSA) is 459 Å². The van der Waals surface area contributed by atoms with E-state index < -0.39 is 142 Å². The number of unbranched alkanes of at least 4 members (excludes halogenated alkanes) is 1. The molecule has 0 heterocycles. The van der Waals surface area contributed by atoms with Crippen molar-refractivity contribution in [1.29, 1.82) is 0 Å². The third kappa shape index (κ3) is 40.9. The van der Waals surface area contributed by atoms with Gasteiger partial charge >= 0.3 is 41.8 Å². The van der Waals surface area contributed by atoms with E-state index in [9.17, 15) is 77.6 Å². The Balaban J connectivity index is -0.00000376. The van der Waals surface area contributed by atoms with E-state index in [0.29, 0.717) is 18.4 Å². The first-order chi connectivity index (χ1) is 34.7. The molecule has 2 atom stereocenters. The summed E-state index contributed by atoms with van der Waals surface area (Å²) in [5.41, 5.74) is 6.52. The highest BCUT2D eigenvalue weighted by molar-refractivity contribution is 5.94. The molecule has 1 aromatic rings. The highest BCUT2D eigenvalue weighted by Crippen LogP contribution is 2.06. The first-order valence-electron chi connectivity index (χ1n) is 23.2. The Morgan fingerprint density at radius 3 is 1.45 bits per heavy atom. The zero-order valence-electron chi connectivity index (χ0n) is 42.3. The summed E-state index contributed by atoms with van der Waals surface area (Å²) < 4.78 is 0. The highest BCUT2D eigenvalue weighted by atomic mass is 16.4. The Bertz CT molecular complexity index is 1970. The number of aryl methyl sites for hydroxylation is 1. The van der Waals surface area contributed by atoms with Gasteiger partial charge in [0.15, 0.2) is 0 Å². The van der Waals surface area contributed by atoms with E-state index in [1.165, 1.54) is 9.80 Å². The van der Waals surface area contributed by atoms with Crippen LogP contribution in [0.3, 0.4) is 0 Å². The number of benzene rings is 1. The molecule has 0 aliphatic carbocycles. The summed E-state index contributed by atoms with van der Waals surface area (Å²) in [6.45, 7) is 4.42. The molecule has 2 unspecified atom stereocenters. The maximum absolute atomic E-state index is 12.9. The third-order valence-electron chi connectivity index (χ3n) is 9.18. The predicted octanol–water partition coefficient (Wildman–Crippen LogP) is -2.32. The van der Waals surface area contributed by atoms with E-state index in [2.05, 4.69) is 26.6 Å². The molecular formula is C45H73N9O20. The fourth-order valence-electron chi connectivity index (χ4n) is 5.63. The van der Waals surface area contributed by atoms with Gasteiger partial charge in [-0.2, -0.15) is 0 Å². The number of hydrogen-bond donors (Lipinski definition) is 13. The largest absolute Gasteiger partial charge is 0.481 e. The third-order valence-corrected chi connectivity index (χ3v) is 9.18. The van der Waals surface area contributed by atoms with Crippen molar-refractivity contribution >= 4 is 77.2 Å². The Hall–Kier alpha value is -7.79. The summed E-state index contributed by atoms with van der Waals surface area (Å²) in [6.07, 6.45) is 0.0842. The average Bonchev–Trinajstić information content (AvgIpc) is 3.31. The normalized spacial score (nSPS) is 11.0. The first kappa shape index (κ1) is 70.5. The van der Waals surface area contributed by atoms with Gasteiger partial charge in [-0.15, -0.1) is 0 Å². The van der Waals surface area contributed by atoms with Gasteiger partial charge in [-0.3, -0.25) is 72.2 Å². The second kappa shape index (κ2) is 41.8. The molecular weight excluding hydrogens is 987 g/mol. The van der Waals surface area contributed by atoms with E-state index in [-0.39, 0.29) is 57.9 Å². The minimum Gasteiger partial charge on any atom is -0.481 e. The number of primary amides is 1. The van der Waals surface area contributed by atoms with Crippen molar-refractivity contribution in [1.82, 2.24) is 41.3 Å². The lowest BCUT2D eigenvalue weighted by molar-refractivity contribution is -0.142. The van der Waals surface area contributed by atoms with E-state index in [1.54, 1.807) is 32.0 Å². The average molecular weight is 1060 g/mol. The van der Waals surface area contributed by atoms with Crippen LogP contribution in [0.25, 0.3) is 0 Å². The summed E-state index contributed by atoms with van der Waals surface area (Å²) in [5, 5.41) is 73.6. The van der Waals surface area contributed by atoms with Crippen LogP contribution in [-0.4, -0.2) is 218 Å². The summed E-state index contributed by atoms with van der Waals surface area (Å²) in [4.78, 5) is 154. The van der Waals surface area contributed by atoms with Crippen LogP contribution < -0.4 is 32.3 Å². The molecule has 1 rings (SSSR count). The molecule has 418 valence electrons. The van der Waals surface area contributed by atoms with Crippen LogP contribution in [-0.2, 0) is 57.5 Å². The quantitative estimate of drug-likeness (QED) is 0.0317. The Kier molecular flexibility index (Phi) is 39.8. The molecule has 0 saturated carbocycles. The van der Waals surface area contributed by atoms with Gasteiger partial charge in [0.25, 0.3) is 5.91 Å². The predicted molar refractivity (Wildman–Crippen MR) is 260 cm³/mol. The standard InChI is InChI=1S/C37H55N9O16.2C3H6O2.C2H6/c1-23-5-4-6-24(15-23)35(59)39-10-3-2-7-26(37(61)62)43-29(49)17-41-36(60)25(8-9-31(51)52)42-28(48)16-40-30(50)19-46(22-34(57)58)14-12-44(20-32(53)54)11-13-45(18-27(38)47)21-33(55)56;2*1-2-3(4)5;1-2/h4-6,15,25-26H,2-3,7-14,16-22H2,1H3,(H2,38,47)(H,39,59)(H,40,50)(H,41,60)(H,42,48)(H,43,49)(H,51,52)(H,53,54)(H,55,56)(H,57,58)(H,61,62);2*2H2,1H3,(H,4,5);1-2H3. The van der Waals surface area contributed by atoms with E-state index in [1.807, 2.05) is 26.8 Å². The van der Waals surface area contributed by atoms with Crippen molar-refractivity contribution in [2.24, 2.45) is 5.73 Å². The number of amides is 6. The molecule has 6 amide bonds. The van der Waals surface area contributed by atoms with Crippen LogP contribution in [0, 0.1) is 6.92 Å². The van der Waals surface area contributed by atoms with Crippen molar-refractivity contribution in [3.05, 3.63) is 35.4 Å². The smallest absolute Gasteiger partial charge is 0.326 e. The van der Waals surface area contributed by atoms with Crippen molar-refractivity contribution in [2.75, 3.05) is 78.5 Å². The van der Waals surface area contributed by atoms with E-state index >= 15 is 0 Å². The van der Waals surface area contributed by atoms with Gasteiger partial charge in [0.05, 0.1) is 45.8 Å². The summed E-state index contributed by atoms with van der Waals surface area (Å²) in [7, 11) is 0. The number of hydrogen-bond acceptors (Lipinski definition) is 16. The Morgan fingerprint density at radius 1 is 0.541 bits per heavy atom. The lowest BCUT2D eigenvalue weighted by atomic mass is 10.1. The zero-order valence-corrected chi connectivity index (χ0v) is 42.3. The van der Waals surface area contributed by atoms with Gasteiger partial charge in [0.1, 0.15) is 12.1 Å². The number of nitrogens with zero attached hydrogens (tertiary/aromatic N) is 3. The molecule has 74 heavy (non-hydrogen) atoms. The zero-order chi connectivity index (χ0) is 57.3. The fraction of sp³-hybridized carbons (Fsp3) is 0.578. The van der Waals surface area contributed by atoms with E-state index in [4.69, 9.17) is 26.2 Å². The summed E-state index contributed by atoms with van der Waals surface area (Å²) in [6, 6.07) is 4.08. The van der Waals surface area contributed by atoms with Gasteiger partial charge in [-0.05, 0) is 44.7 Å². The second-order valence-electron chi connectivity index (χ2n) is 15.5. The number of carbonyl (C=O) groups excluding carboxylic acids is 6. The van der Waals surface area contributed by atoms with Crippen LogP contribution in [0.2, 0.25) is 0 Å². The van der Waals surface area contributed by atoms with Gasteiger partial charge in [0, 0.05) is 57.5 Å². The molecule has 1 aromatic carbocycles. The van der Waals surface area contributed by atoms with Gasteiger partial charge in [-0.25, -0.2) is 4.79 Å². The molecule has 0 aromatic heterocycles. The van der Waals surface area contributed by atoms with Crippen molar-refractivity contribution < 1.29 is 98.1 Å². The van der Waals surface area contributed by atoms with Gasteiger partial charge in [-0.1, -0.05) is 45.4 Å². The molecule has 0 bridgehead atoms. The molecule has 29 nitrogen and oxygen atoms in total. The first-order valence-corrected chi connectivity index (χ1v) is 23.2. The van der Waals surface area contributed by atoms with Crippen LogP contribution in [0.15, 0.2) is 24.3 Å². The molecule has 0 fully saturated rings. The molecule has 29 heteroatoms. The van der Waals surface area contributed by atoms with Crippen molar-refractivity contribution in [2.45, 2.75) is 91.6 Å². The second-order valence-corrected chi connectivity index (χ2v) is 15.5. The maximum atomic E-state index is 12.9. The number of aliphatic carboxylic acids is 7. The van der Waals surface area contributed by atoms with Gasteiger partial charge in [0.2, 0.25) is 29.5 Å². The fourth-order valence-corrected chi connectivity index (χ4v) is 5.63. The van der Waals surface area contributed by atoms with Crippen LogP contribution in [0.4, 0.5) is 0 Å². The van der Waals surface area contributed by atoms with Gasteiger partial charge < -0.3 is 68.1 Å². The summed E-state index contributed by atoms with van der Waals surface area (Å²) in [5.74, 6) is -12.9. The minimum atomic E-state index is -1.52. The minimum absolute atomic E-state index is 0.00962. The van der Waals surface area contributed by atoms with Crippen molar-refractivity contribution in [3.8, 4) is 0 Å². The Labute approximate surface area is 427 Å². The number of nitrogens with one attached hydrogen (secondary N) is 5. The molecule has 0 saturated heterocycles. The number of nitrogens with two attached hydrogens (primary N) is 1. The number of carbonyl (C=O) groups is 13. The lowest BCUT2D eigenvalue weighted by Gasteiger charge is -2.27. The van der Waals surface area contributed by atoms with E-state index in [0.717, 1.165) is 10.5 Å². The Morgan fingerprint density at radius 2 is 1.00 bits per heavy atom.